The maximum Gasteiger partial charge on any atom is 0.252 e. The molecule has 4 rings (SSSR count). The fourth-order valence-corrected chi connectivity index (χ4v) is 3.69. The SMILES string of the molecule is Cc1cc(C(=O)NC[C@H]2CN(Cc3ccccc3)CCO2)c2ccccc2n1. The number of pyridine rings is 1. The monoisotopic (exact) mass is 375 g/mol. The number of fused-ring (bicyclic) bond motifs is 1. The first-order chi connectivity index (χ1) is 13.7. The molecule has 0 aliphatic carbocycles. The van der Waals surface area contributed by atoms with E-state index in [1.165, 1.54) is 5.56 Å². The van der Waals surface area contributed by atoms with E-state index < -0.39 is 0 Å². The molecule has 3 aromatic rings. The summed E-state index contributed by atoms with van der Waals surface area (Å²) in [4.78, 5) is 19.7. The van der Waals surface area contributed by atoms with Crippen LogP contribution in [-0.2, 0) is 11.3 Å². The molecule has 28 heavy (non-hydrogen) atoms. The first-order valence-corrected chi connectivity index (χ1v) is 9.71. The molecule has 5 heteroatoms. The third-order valence-corrected chi connectivity index (χ3v) is 5.05. The minimum Gasteiger partial charge on any atom is -0.374 e. The summed E-state index contributed by atoms with van der Waals surface area (Å²) in [6, 6.07) is 20.0. The summed E-state index contributed by atoms with van der Waals surface area (Å²) in [5.41, 5.74) is 3.65. The molecule has 1 saturated heterocycles. The van der Waals surface area contributed by atoms with E-state index in [1.54, 1.807) is 0 Å². The van der Waals surface area contributed by atoms with Crippen LogP contribution in [0.3, 0.4) is 0 Å². The van der Waals surface area contributed by atoms with E-state index in [0.717, 1.165) is 36.2 Å². The van der Waals surface area contributed by atoms with Gasteiger partial charge in [0.2, 0.25) is 0 Å². The Balaban J connectivity index is 1.38. The molecule has 0 spiro atoms. The highest BCUT2D eigenvalue weighted by atomic mass is 16.5. The largest absolute Gasteiger partial charge is 0.374 e. The van der Waals surface area contributed by atoms with Gasteiger partial charge in [0.15, 0.2) is 0 Å². The molecule has 1 aliphatic rings. The molecule has 144 valence electrons. The van der Waals surface area contributed by atoms with E-state index in [1.807, 2.05) is 43.3 Å². The first-order valence-electron chi connectivity index (χ1n) is 9.71. The molecule has 1 aromatic heterocycles. The second-order valence-electron chi connectivity index (χ2n) is 7.25. The first kappa shape index (κ1) is 18.6. The zero-order valence-corrected chi connectivity index (χ0v) is 16.1. The Kier molecular flexibility index (Phi) is 5.65. The van der Waals surface area contributed by atoms with Gasteiger partial charge in [0.25, 0.3) is 5.91 Å². The number of amides is 1. The van der Waals surface area contributed by atoms with Crippen molar-refractivity contribution in [2.24, 2.45) is 0 Å². The average molecular weight is 375 g/mol. The predicted molar refractivity (Wildman–Crippen MR) is 110 cm³/mol. The molecule has 2 heterocycles. The van der Waals surface area contributed by atoms with Crippen molar-refractivity contribution in [2.75, 3.05) is 26.2 Å². The average Bonchev–Trinajstić information content (AvgIpc) is 2.72. The quantitative estimate of drug-likeness (QED) is 0.744. The highest BCUT2D eigenvalue weighted by Gasteiger charge is 2.22. The Hall–Kier alpha value is -2.76. The van der Waals surface area contributed by atoms with E-state index in [4.69, 9.17) is 4.74 Å². The molecular formula is C23H25N3O2. The lowest BCUT2D eigenvalue weighted by atomic mass is 10.1. The Morgan fingerprint density at radius 2 is 1.96 bits per heavy atom. The Morgan fingerprint density at radius 3 is 2.82 bits per heavy atom. The van der Waals surface area contributed by atoms with Crippen molar-refractivity contribution in [1.82, 2.24) is 15.2 Å². The minimum atomic E-state index is -0.0783. The number of nitrogens with zero attached hydrogens (tertiary/aromatic N) is 2. The number of aryl methyl sites for hydroxylation is 1. The normalized spacial score (nSPS) is 17.5. The number of ether oxygens (including phenoxy) is 1. The number of carbonyl (C=O) groups excluding carboxylic acids is 1. The van der Waals surface area contributed by atoms with Crippen LogP contribution in [0.2, 0.25) is 0 Å². The molecule has 5 nitrogen and oxygen atoms in total. The van der Waals surface area contributed by atoms with Crippen LogP contribution in [0.25, 0.3) is 10.9 Å². The van der Waals surface area contributed by atoms with Crippen molar-refractivity contribution in [3.63, 3.8) is 0 Å². The summed E-state index contributed by atoms with van der Waals surface area (Å²) in [7, 11) is 0. The molecule has 0 unspecified atom stereocenters. The van der Waals surface area contributed by atoms with Gasteiger partial charge in [0.1, 0.15) is 0 Å². The molecule has 1 fully saturated rings. The zero-order valence-electron chi connectivity index (χ0n) is 16.1. The van der Waals surface area contributed by atoms with Gasteiger partial charge in [-0.1, -0.05) is 48.5 Å². The van der Waals surface area contributed by atoms with Crippen LogP contribution in [0.15, 0.2) is 60.7 Å². The number of carbonyl (C=O) groups is 1. The third kappa shape index (κ3) is 4.38. The van der Waals surface area contributed by atoms with Crippen LogP contribution in [0.1, 0.15) is 21.6 Å². The Labute approximate surface area is 165 Å². The number of aromatic nitrogens is 1. The van der Waals surface area contributed by atoms with Crippen molar-refractivity contribution in [3.05, 3.63) is 77.5 Å². The summed E-state index contributed by atoms with van der Waals surface area (Å²) < 4.78 is 5.87. The van der Waals surface area contributed by atoms with E-state index in [0.29, 0.717) is 18.7 Å². The van der Waals surface area contributed by atoms with Crippen LogP contribution in [0, 0.1) is 6.92 Å². The predicted octanol–water partition coefficient (Wildman–Crippen LogP) is 3.17. The molecule has 1 amide bonds. The van der Waals surface area contributed by atoms with Gasteiger partial charge in [-0.15, -0.1) is 0 Å². The van der Waals surface area contributed by atoms with Gasteiger partial charge in [-0.3, -0.25) is 14.7 Å². The molecule has 0 radical (unpaired) electrons. The second kappa shape index (κ2) is 8.50. The molecule has 0 saturated carbocycles. The summed E-state index contributed by atoms with van der Waals surface area (Å²) in [6.45, 7) is 5.72. The topological polar surface area (TPSA) is 54.5 Å². The van der Waals surface area contributed by atoms with Gasteiger partial charge in [0.05, 0.1) is 23.8 Å². The van der Waals surface area contributed by atoms with E-state index in [2.05, 4.69) is 39.5 Å². The number of nitrogens with one attached hydrogen (secondary N) is 1. The highest BCUT2D eigenvalue weighted by Crippen LogP contribution is 2.18. The van der Waals surface area contributed by atoms with Crippen molar-refractivity contribution in [1.29, 1.82) is 0 Å². The van der Waals surface area contributed by atoms with Crippen molar-refractivity contribution >= 4 is 16.8 Å². The van der Waals surface area contributed by atoms with E-state index in [-0.39, 0.29) is 12.0 Å². The lowest BCUT2D eigenvalue weighted by Gasteiger charge is -2.33. The second-order valence-corrected chi connectivity index (χ2v) is 7.25. The van der Waals surface area contributed by atoms with Gasteiger partial charge < -0.3 is 10.1 Å². The van der Waals surface area contributed by atoms with Crippen LogP contribution in [-0.4, -0.2) is 48.1 Å². The van der Waals surface area contributed by atoms with Gasteiger partial charge >= 0.3 is 0 Å². The lowest BCUT2D eigenvalue weighted by molar-refractivity contribution is -0.0292. The minimum absolute atomic E-state index is 0.00406. The molecule has 1 atom stereocenters. The number of benzene rings is 2. The molecule has 1 aliphatic heterocycles. The molecule has 1 N–H and O–H groups in total. The zero-order chi connectivity index (χ0) is 19.3. The van der Waals surface area contributed by atoms with Crippen LogP contribution >= 0.6 is 0 Å². The Morgan fingerprint density at radius 1 is 1.18 bits per heavy atom. The Bertz CT molecular complexity index is 958. The highest BCUT2D eigenvalue weighted by molar-refractivity contribution is 6.06. The van der Waals surface area contributed by atoms with Gasteiger partial charge in [-0.2, -0.15) is 0 Å². The smallest absolute Gasteiger partial charge is 0.252 e. The molecule has 2 aromatic carbocycles. The fraction of sp³-hybridized carbons (Fsp3) is 0.304. The van der Waals surface area contributed by atoms with Crippen LogP contribution in [0.4, 0.5) is 0 Å². The third-order valence-electron chi connectivity index (χ3n) is 5.05. The molecule has 0 bridgehead atoms. The maximum absolute atomic E-state index is 12.8. The number of hydrogen-bond acceptors (Lipinski definition) is 4. The van der Waals surface area contributed by atoms with Crippen molar-refractivity contribution in [3.8, 4) is 0 Å². The number of para-hydroxylation sites is 1. The lowest BCUT2D eigenvalue weighted by Crippen LogP contribution is -2.47. The summed E-state index contributed by atoms with van der Waals surface area (Å²) in [5.74, 6) is -0.0783. The standard InChI is InChI=1S/C23H25N3O2/c1-17-13-21(20-9-5-6-10-22(20)25-17)23(27)24-14-19-16-26(11-12-28-19)15-18-7-3-2-4-8-18/h2-10,13,19H,11-12,14-16H2,1H3,(H,24,27)/t19-/m0/s1. The summed E-state index contributed by atoms with van der Waals surface area (Å²) >= 11 is 0. The van der Waals surface area contributed by atoms with Crippen LogP contribution in [0.5, 0.6) is 0 Å². The van der Waals surface area contributed by atoms with Gasteiger partial charge in [-0.05, 0) is 24.6 Å². The number of hydrogen-bond donors (Lipinski definition) is 1. The fourth-order valence-electron chi connectivity index (χ4n) is 3.69. The van der Waals surface area contributed by atoms with Crippen molar-refractivity contribution in [2.45, 2.75) is 19.6 Å². The molecular weight excluding hydrogens is 350 g/mol. The number of rotatable bonds is 5. The van der Waals surface area contributed by atoms with Gasteiger partial charge in [0, 0.05) is 37.3 Å². The van der Waals surface area contributed by atoms with Crippen molar-refractivity contribution < 1.29 is 9.53 Å². The van der Waals surface area contributed by atoms with Crippen LogP contribution < -0.4 is 5.32 Å². The van der Waals surface area contributed by atoms with Gasteiger partial charge in [-0.25, -0.2) is 0 Å². The summed E-state index contributed by atoms with van der Waals surface area (Å²) in [6.07, 6.45) is -0.00406. The van der Waals surface area contributed by atoms with E-state index >= 15 is 0 Å². The summed E-state index contributed by atoms with van der Waals surface area (Å²) in [5, 5.41) is 3.93. The van der Waals surface area contributed by atoms with E-state index in [9.17, 15) is 4.79 Å². The maximum atomic E-state index is 12.8. The number of morpholine rings is 1.